The number of hydrogen-bond acceptors (Lipinski definition) is 4. The second-order valence-corrected chi connectivity index (χ2v) is 4.40. The summed E-state index contributed by atoms with van der Waals surface area (Å²) in [5.41, 5.74) is 0.488. The maximum atomic E-state index is 11.8. The molecule has 0 saturated carbocycles. The molecule has 2 amide bonds. The molecular formula is C14H22ClN3O3. The summed E-state index contributed by atoms with van der Waals surface area (Å²) in [7, 11) is 3.38. The highest BCUT2D eigenvalue weighted by Gasteiger charge is 2.08. The number of methoxy groups -OCH3 is 1. The SMILES string of the molecule is CNC(C)CNC(=O)CNC(=O)c1ccc(OC)cc1.Cl. The van der Waals surface area contributed by atoms with E-state index >= 15 is 0 Å². The minimum Gasteiger partial charge on any atom is -0.497 e. The fraction of sp³-hybridized carbons (Fsp3) is 0.429. The summed E-state index contributed by atoms with van der Waals surface area (Å²) in [6.45, 7) is 2.44. The molecule has 3 N–H and O–H groups in total. The van der Waals surface area contributed by atoms with E-state index in [4.69, 9.17) is 4.74 Å². The number of ether oxygens (including phenoxy) is 1. The highest BCUT2D eigenvalue weighted by molar-refractivity contribution is 5.96. The fourth-order valence-corrected chi connectivity index (χ4v) is 1.44. The molecule has 1 aromatic carbocycles. The van der Waals surface area contributed by atoms with Gasteiger partial charge in [-0.05, 0) is 38.2 Å². The highest BCUT2D eigenvalue weighted by Crippen LogP contribution is 2.10. The molecule has 0 aliphatic carbocycles. The van der Waals surface area contributed by atoms with Crippen LogP contribution in [0, 0.1) is 0 Å². The number of amides is 2. The van der Waals surface area contributed by atoms with Crippen LogP contribution in [-0.4, -0.2) is 45.1 Å². The smallest absolute Gasteiger partial charge is 0.251 e. The van der Waals surface area contributed by atoms with Gasteiger partial charge in [0.15, 0.2) is 0 Å². The molecule has 0 aliphatic rings. The quantitative estimate of drug-likeness (QED) is 0.687. The third-order valence-corrected chi connectivity index (χ3v) is 2.86. The second-order valence-electron chi connectivity index (χ2n) is 4.40. The standard InChI is InChI=1S/C14H21N3O3.ClH/c1-10(15-2)8-16-13(18)9-17-14(19)11-4-6-12(20-3)7-5-11;/h4-7,10,15H,8-9H2,1-3H3,(H,16,18)(H,17,19);1H. The van der Waals surface area contributed by atoms with E-state index in [1.807, 2.05) is 14.0 Å². The van der Waals surface area contributed by atoms with E-state index in [0.29, 0.717) is 17.9 Å². The molecule has 0 fully saturated rings. The lowest BCUT2D eigenvalue weighted by Gasteiger charge is -2.11. The number of carbonyl (C=O) groups is 2. The van der Waals surface area contributed by atoms with Gasteiger partial charge >= 0.3 is 0 Å². The van der Waals surface area contributed by atoms with Gasteiger partial charge in [-0.25, -0.2) is 0 Å². The number of likely N-dealkylation sites (N-methyl/N-ethyl adjacent to an activating group) is 1. The van der Waals surface area contributed by atoms with Crippen molar-refractivity contribution >= 4 is 24.2 Å². The van der Waals surface area contributed by atoms with Crippen molar-refractivity contribution in [3.8, 4) is 5.75 Å². The Morgan fingerprint density at radius 2 is 1.81 bits per heavy atom. The number of rotatable bonds is 7. The predicted octanol–water partition coefficient (Wildman–Crippen LogP) is 0.571. The summed E-state index contributed by atoms with van der Waals surface area (Å²) in [6, 6.07) is 6.88. The minimum absolute atomic E-state index is 0. The zero-order valence-electron chi connectivity index (χ0n) is 12.4. The lowest BCUT2D eigenvalue weighted by Crippen LogP contribution is -2.42. The molecular weight excluding hydrogens is 294 g/mol. The Labute approximate surface area is 131 Å². The summed E-state index contributed by atoms with van der Waals surface area (Å²) in [4.78, 5) is 23.3. The van der Waals surface area contributed by atoms with Gasteiger partial charge in [0.25, 0.3) is 5.91 Å². The third-order valence-electron chi connectivity index (χ3n) is 2.86. The maximum absolute atomic E-state index is 11.8. The first-order chi connectivity index (χ1) is 9.56. The Kier molecular flexibility index (Phi) is 9.16. The van der Waals surface area contributed by atoms with E-state index < -0.39 is 0 Å². The molecule has 0 saturated heterocycles. The second kappa shape index (κ2) is 10.0. The van der Waals surface area contributed by atoms with Crippen LogP contribution in [0.2, 0.25) is 0 Å². The number of nitrogens with one attached hydrogen (secondary N) is 3. The minimum atomic E-state index is -0.288. The summed E-state index contributed by atoms with van der Waals surface area (Å²) < 4.78 is 5.01. The lowest BCUT2D eigenvalue weighted by molar-refractivity contribution is -0.120. The largest absolute Gasteiger partial charge is 0.497 e. The van der Waals surface area contributed by atoms with Crippen molar-refractivity contribution in [2.45, 2.75) is 13.0 Å². The van der Waals surface area contributed by atoms with Gasteiger partial charge in [0, 0.05) is 18.2 Å². The van der Waals surface area contributed by atoms with Crippen LogP contribution < -0.4 is 20.7 Å². The molecule has 21 heavy (non-hydrogen) atoms. The topological polar surface area (TPSA) is 79.5 Å². The van der Waals surface area contributed by atoms with Crippen LogP contribution in [0.3, 0.4) is 0 Å². The van der Waals surface area contributed by atoms with Gasteiger partial charge < -0.3 is 20.7 Å². The first-order valence-corrected chi connectivity index (χ1v) is 6.43. The molecule has 0 heterocycles. The summed E-state index contributed by atoms with van der Waals surface area (Å²) in [6.07, 6.45) is 0. The maximum Gasteiger partial charge on any atom is 0.251 e. The molecule has 1 unspecified atom stereocenters. The molecule has 118 valence electrons. The van der Waals surface area contributed by atoms with Crippen LogP contribution in [0.5, 0.6) is 5.75 Å². The van der Waals surface area contributed by atoms with E-state index in [9.17, 15) is 9.59 Å². The van der Waals surface area contributed by atoms with Crippen molar-refractivity contribution < 1.29 is 14.3 Å². The van der Waals surface area contributed by atoms with Gasteiger partial charge in [-0.2, -0.15) is 0 Å². The van der Waals surface area contributed by atoms with Crippen molar-refractivity contribution in [1.82, 2.24) is 16.0 Å². The summed E-state index contributed by atoms with van der Waals surface area (Å²) >= 11 is 0. The molecule has 1 rings (SSSR count). The molecule has 1 aromatic rings. The van der Waals surface area contributed by atoms with Crippen LogP contribution in [0.15, 0.2) is 24.3 Å². The molecule has 0 radical (unpaired) electrons. The van der Waals surface area contributed by atoms with E-state index in [-0.39, 0.29) is 36.8 Å². The predicted molar refractivity (Wildman–Crippen MR) is 84.1 cm³/mol. The normalized spacial score (nSPS) is 11.0. The van der Waals surface area contributed by atoms with Gasteiger partial charge in [-0.15, -0.1) is 12.4 Å². The van der Waals surface area contributed by atoms with Crippen LogP contribution in [-0.2, 0) is 4.79 Å². The summed E-state index contributed by atoms with van der Waals surface area (Å²) in [5.74, 6) is 0.179. The molecule has 0 aliphatic heterocycles. The van der Waals surface area contributed by atoms with Gasteiger partial charge in [0.05, 0.1) is 13.7 Å². The van der Waals surface area contributed by atoms with Gasteiger partial charge in [0.1, 0.15) is 5.75 Å². The van der Waals surface area contributed by atoms with Crippen molar-refractivity contribution in [1.29, 1.82) is 0 Å². The third kappa shape index (κ3) is 6.97. The fourth-order valence-electron chi connectivity index (χ4n) is 1.44. The molecule has 0 aromatic heterocycles. The van der Waals surface area contributed by atoms with Crippen molar-refractivity contribution in [2.75, 3.05) is 27.2 Å². The molecule has 1 atom stereocenters. The highest BCUT2D eigenvalue weighted by atomic mass is 35.5. The molecule has 6 nitrogen and oxygen atoms in total. The number of hydrogen-bond donors (Lipinski definition) is 3. The Hall–Kier alpha value is -1.79. The van der Waals surface area contributed by atoms with Gasteiger partial charge in [-0.1, -0.05) is 0 Å². The first-order valence-electron chi connectivity index (χ1n) is 6.43. The number of benzene rings is 1. The van der Waals surface area contributed by atoms with Gasteiger partial charge in [-0.3, -0.25) is 9.59 Å². The number of halogens is 1. The lowest BCUT2D eigenvalue weighted by atomic mass is 10.2. The van der Waals surface area contributed by atoms with Crippen molar-refractivity contribution in [3.63, 3.8) is 0 Å². The number of carbonyl (C=O) groups excluding carboxylic acids is 2. The first kappa shape index (κ1) is 19.2. The summed E-state index contributed by atoms with van der Waals surface area (Å²) in [5, 5.41) is 8.30. The van der Waals surface area contributed by atoms with E-state index in [1.54, 1.807) is 31.4 Å². The average Bonchev–Trinajstić information content (AvgIpc) is 2.50. The van der Waals surface area contributed by atoms with Crippen LogP contribution in [0.1, 0.15) is 17.3 Å². The Morgan fingerprint density at radius 1 is 1.19 bits per heavy atom. The van der Waals surface area contributed by atoms with Crippen LogP contribution in [0.25, 0.3) is 0 Å². The van der Waals surface area contributed by atoms with Gasteiger partial charge in [0.2, 0.25) is 5.91 Å². The van der Waals surface area contributed by atoms with E-state index in [1.165, 1.54) is 0 Å². The van der Waals surface area contributed by atoms with Crippen LogP contribution >= 0.6 is 12.4 Å². The van der Waals surface area contributed by atoms with Crippen LogP contribution in [0.4, 0.5) is 0 Å². The van der Waals surface area contributed by atoms with E-state index in [2.05, 4.69) is 16.0 Å². The zero-order valence-corrected chi connectivity index (χ0v) is 13.3. The van der Waals surface area contributed by atoms with Crippen molar-refractivity contribution in [2.24, 2.45) is 0 Å². The zero-order chi connectivity index (χ0) is 15.0. The average molecular weight is 316 g/mol. The Balaban J connectivity index is 0.00000400. The monoisotopic (exact) mass is 315 g/mol. The van der Waals surface area contributed by atoms with E-state index in [0.717, 1.165) is 0 Å². The van der Waals surface area contributed by atoms with Crippen molar-refractivity contribution in [3.05, 3.63) is 29.8 Å². The Bertz CT molecular complexity index is 451. The molecule has 0 bridgehead atoms. The molecule has 0 spiro atoms. The molecule has 7 heteroatoms. The Morgan fingerprint density at radius 3 is 2.33 bits per heavy atom.